The lowest BCUT2D eigenvalue weighted by molar-refractivity contribution is 0.102. The molecule has 0 aliphatic carbocycles. The highest BCUT2D eigenvalue weighted by molar-refractivity contribution is 6.05. The summed E-state index contributed by atoms with van der Waals surface area (Å²) < 4.78 is 1.80. The zero-order valence-electron chi connectivity index (χ0n) is 14.1. The SMILES string of the molecule is CCc1c(C(=O)Nc2ccc(CCO)cc2)cnn1-c1ccccc1. The first-order valence-corrected chi connectivity index (χ1v) is 8.36. The van der Waals surface area contributed by atoms with Crippen LogP contribution in [0.4, 0.5) is 5.69 Å². The highest BCUT2D eigenvalue weighted by Crippen LogP contribution is 2.18. The van der Waals surface area contributed by atoms with Crippen LogP contribution in [-0.4, -0.2) is 27.4 Å². The van der Waals surface area contributed by atoms with Gasteiger partial charge in [-0.2, -0.15) is 5.10 Å². The number of carbonyl (C=O) groups excluding carboxylic acids is 1. The zero-order chi connectivity index (χ0) is 17.6. The van der Waals surface area contributed by atoms with Gasteiger partial charge in [0.15, 0.2) is 0 Å². The van der Waals surface area contributed by atoms with Gasteiger partial charge in [-0.1, -0.05) is 37.3 Å². The molecule has 0 aliphatic rings. The van der Waals surface area contributed by atoms with Crippen molar-refractivity contribution in [2.75, 3.05) is 11.9 Å². The maximum Gasteiger partial charge on any atom is 0.259 e. The number of hydrogen-bond acceptors (Lipinski definition) is 3. The number of rotatable bonds is 6. The zero-order valence-corrected chi connectivity index (χ0v) is 14.1. The number of aliphatic hydroxyl groups excluding tert-OH is 1. The van der Waals surface area contributed by atoms with Crippen molar-refractivity contribution in [3.05, 3.63) is 77.6 Å². The standard InChI is InChI=1S/C20H21N3O2/c1-2-19-18(14-21-23(19)17-6-4-3-5-7-17)20(25)22-16-10-8-15(9-11-16)12-13-24/h3-11,14,24H,2,12-13H2,1H3,(H,22,25). The van der Waals surface area contributed by atoms with Crippen LogP contribution in [0.15, 0.2) is 60.8 Å². The molecule has 5 heteroatoms. The van der Waals surface area contributed by atoms with Crippen molar-refractivity contribution in [3.63, 3.8) is 0 Å². The topological polar surface area (TPSA) is 67.2 Å². The quantitative estimate of drug-likeness (QED) is 0.727. The van der Waals surface area contributed by atoms with Crippen LogP contribution in [0.1, 0.15) is 28.5 Å². The first-order valence-electron chi connectivity index (χ1n) is 8.36. The number of nitrogens with zero attached hydrogens (tertiary/aromatic N) is 2. The first kappa shape index (κ1) is 16.9. The Labute approximate surface area is 146 Å². The van der Waals surface area contributed by atoms with Crippen molar-refractivity contribution < 1.29 is 9.90 Å². The van der Waals surface area contributed by atoms with Crippen LogP contribution in [0.2, 0.25) is 0 Å². The predicted molar refractivity (Wildman–Crippen MR) is 98.1 cm³/mol. The Bertz CT molecular complexity index is 839. The van der Waals surface area contributed by atoms with E-state index in [2.05, 4.69) is 10.4 Å². The van der Waals surface area contributed by atoms with Gasteiger partial charge in [-0.25, -0.2) is 4.68 Å². The number of aromatic nitrogens is 2. The molecule has 25 heavy (non-hydrogen) atoms. The molecule has 5 nitrogen and oxygen atoms in total. The smallest absolute Gasteiger partial charge is 0.259 e. The van der Waals surface area contributed by atoms with Gasteiger partial charge in [0.1, 0.15) is 0 Å². The third-order valence-corrected chi connectivity index (χ3v) is 4.06. The van der Waals surface area contributed by atoms with E-state index in [1.165, 1.54) is 0 Å². The molecular weight excluding hydrogens is 314 g/mol. The molecule has 128 valence electrons. The molecule has 0 fully saturated rings. The second kappa shape index (κ2) is 7.77. The third kappa shape index (κ3) is 3.78. The van der Waals surface area contributed by atoms with E-state index in [-0.39, 0.29) is 12.5 Å². The molecule has 0 spiro atoms. The second-order valence-electron chi connectivity index (χ2n) is 5.73. The van der Waals surface area contributed by atoms with E-state index < -0.39 is 0 Å². The Kier molecular flexibility index (Phi) is 5.26. The molecule has 1 aromatic heterocycles. The van der Waals surface area contributed by atoms with Gasteiger partial charge < -0.3 is 10.4 Å². The molecule has 1 amide bonds. The van der Waals surface area contributed by atoms with Crippen molar-refractivity contribution in [1.82, 2.24) is 9.78 Å². The van der Waals surface area contributed by atoms with Crippen LogP contribution in [0, 0.1) is 0 Å². The van der Waals surface area contributed by atoms with E-state index in [0.29, 0.717) is 18.4 Å². The van der Waals surface area contributed by atoms with Gasteiger partial charge in [0.05, 0.1) is 23.1 Å². The molecule has 3 aromatic rings. The predicted octanol–water partition coefficient (Wildman–Crippen LogP) is 3.22. The Morgan fingerprint density at radius 2 is 1.84 bits per heavy atom. The molecule has 1 heterocycles. The number of amides is 1. The molecule has 0 radical (unpaired) electrons. The van der Waals surface area contributed by atoms with Crippen molar-refractivity contribution in [3.8, 4) is 5.69 Å². The maximum atomic E-state index is 12.6. The lowest BCUT2D eigenvalue weighted by atomic mass is 10.1. The fourth-order valence-corrected chi connectivity index (χ4v) is 2.78. The van der Waals surface area contributed by atoms with Gasteiger partial charge in [0.25, 0.3) is 5.91 Å². The summed E-state index contributed by atoms with van der Waals surface area (Å²) >= 11 is 0. The summed E-state index contributed by atoms with van der Waals surface area (Å²) in [5.41, 5.74) is 4.14. The minimum absolute atomic E-state index is 0.115. The normalized spacial score (nSPS) is 10.6. The van der Waals surface area contributed by atoms with E-state index in [1.807, 2.05) is 61.5 Å². The summed E-state index contributed by atoms with van der Waals surface area (Å²) in [4.78, 5) is 12.6. The number of hydrogen-bond donors (Lipinski definition) is 2. The van der Waals surface area contributed by atoms with Crippen LogP contribution in [0.5, 0.6) is 0 Å². The van der Waals surface area contributed by atoms with Crippen molar-refractivity contribution in [1.29, 1.82) is 0 Å². The third-order valence-electron chi connectivity index (χ3n) is 4.06. The number of anilines is 1. The Morgan fingerprint density at radius 3 is 2.48 bits per heavy atom. The molecular formula is C20H21N3O2. The van der Waals surface area contributed by atoms with Crippen LogP contribution in [-0.2, 0) is 12.8 Å². The van der Waals surface area contributed by atoms with Crippen molar-refractivity contribution in [2.24, 2.45) is 0 Å². The molecule has 0 bridgehead atoms. The van der Waals surface area contributed by atoms with Gasteiger partial charge in [-0.05, 0) is 42.7 Å². The summed E-state index contributed by atoms with van der Waals surface area (Å²) in [5, 5.41) is 16.3. The molecule has 0 aliphatic heterocycles. The van der Waals surface area contributed by atoms with Crippen LogP contribution >= 0.6 is 0 Å². The number of aliphatic hydroxyl groups is 1. The van der Waals surface area contributed by atoms with Crippen LogP contribution in [0.3, 0.4) is 0 Å². The monoisotopic (exact) mass is 335 g/mol. The van der Waals surface area contributed by atoms with Crippen LogP contribution in [0.25, 0.3) is 5.69 Å². The summed E-state index contributed by atoms with van der Waals surface area (Å²) in [6, 6.07) is 17.3. The average Bonchev–Trinajstić information content (AvgIpc) is 3.08. The Hall–Kier alpha value is -2.92. The summed E-state index contributed by atoms with van der Waals surface area (Å²) in [7, 11) is 0. The number of nitrogens with one attached hydrogen (secondary N) is 1. The highest BCUT2D eigenvalue weighted by atomic mass is 16.3. The molecule has 0 saturated carbocycles. The Balaban J connectivity index is 1.81. The average molecular weight is 335 g/mol. The lowest BCUT2D eigenvalue weighted by Crippen LogP contribution is -2.14. The highest BCUT2D eigenvalue weighted by Gasteiger charge is 2.17. The fourth-order valence-electron chi connectivity index (χ4n) is 2.78. The van der Waals surface area contributed by atoms with Crippen molar-refractivity contribution >= 4 is 11.6 Å². The molecule has 0 saturated heterocycles. The second-order valence-corrected chi connectivity index (χ2v) is 5.73. The minimum Gasteiger partial charge on any atom is -0.396 e. The number of carbonyl (C=O) groups is 1. The summed E-state index contributed by atoms with van der Waals surface area (Å²) in [6.07, 6.45) is 2.92. The minimum atomic E-state index is -0.172. The van der Waals surface area contributed by atoms with E-state index in [9.17, 15) is 4.79 Å². The molecule has 0 unspecified atom stereocenters. The van der Waals surface area contributed by atoms with Crippen molar-refractivity contribution in [2.45, 2.75) is 19.8 Å². The van der Waals surface area contributed by atoms with E-state index >= 15 is 0 Å². The van der Waals surface area contributed by atoms with Gasteiger partial charge in [0.2, 0.25) is 0 Å². The van der Waals surface area contributed by atoms with Gasteiger partial charge in [-0.15, -0.1) is 0 Å². The summed E-state index contributed by atoms with van der Waals surface area (Å²) in [5.74, 6) is -0.172. The van der Waals surface area contributed by atoms with Gasteiger partial charge in [0, 0.05) is 12.3 Å². The number of para-hydroxylation sites is 1. The molecule has 2 N–H and O–H groups in total. The van der Waals surface area contributed by atoms with Gasteiger partial charge >= 0.3 is 0 Å². The summed E-state index contributed by atoms with van der Waals surface area (Å²) in [6.45, 7) is 2.13. The lowest BCUT2D eigenvalue weighted by Gasteiger charge is -2.09. The van der Waals surface area contributed by atoms with Crippen LogP contribution < -0.4 is 5.32 Å². The van der Waals surface area contributed by atoms with Gasteiger partial charge in [-0.3, -0.25) is 4.79 Å². The largest absolute Gasteiger partial charge is 0.396 e. The first-order chi connectivity index (χ1) is 12.2. The molecule has 3 rings (SSSR count). The number of benzene rings is 2. The molecule has 2 aromatic carbocycles. The molecule has 0 atom stereocenters. The van der Waals surface area contributed by atoms with E-state index in [4.69, 9.17) is 5.11 Å². The van der Waals surface area contributed by atoms with E-state index in [0.717, 1.165) is 22.6 Å². The fraction of sp³-hybridized carbons (Fsp3) is 0.200. The maximum absolute atomic E-state index is 12.6. The van der Waals surface area contributed by atoms with E-state index in [1.54, 1.807) is 10.9 Å². The Morgan fingerprint density at radius 1 is 1.12 bits per heavy atom.